The Morgan fingerprint density at radius 3 is 2.71 bits per heavy atom. The number of halogens is 1. The van der Waals surface area contributed by atoms with Crippen LogP contribution in [0.25, 0.3) is 0 Å². The molecular weight excluding hydrogens is 277 g/mol. The van der Waals surface area contributed by atoms with Crippen LogP contribution in [-0.2, 0) is 0 Å². The van der Waals surface area contributed by atoms with Crippen LogP contribution in [0.2, 0.25) is 0 Å². The van der Waals surface area contributed by atoms with E-state index in [1.54, 1.807) is 0 Å². The molecule has 2 rings (SSSR count). The van der Waals surface area contributed by atoms with E-state index in [-0.39, 0.29) is 17.3 Å². The molecule has 0 saturated heterocycles. The predicted octanol–water partition coefficient (Wildman–Crippen LogP) is 2.69. The van der Waals surface area contributed by atoms with Crippen molar-refractivity contribution in [3.05, 3.63) is 33.6 Å². The van der Waals surface area contributed by atoms with Gasteiger partial charge in [0.05, 0.1) is 16.7 Å². The summed E-state index contributed by atoms with van der Waals surface area (Å²) in [6, 6.07) is 1.88. The molecule has 0 aromatic heterocycles. The number of nitro groups is 1. The fourth-order valence-electron chi connectivity index (χ4n) is 2.30. The zero-order valence-electron chi connectivity index (χ0n) is 12.0. The minimum atomic E-state index is -0.758. The lowest BCUT2D eigenvalue weighted by Gasteiger charge is -2.14. The Morgan fingerprint density at radius 1 is 1.52 bits per heavy atom. The van der Waals surface area contributed by atoms with E-state index in [2.05, 4.69) is 10.6 Å². The molecule has 1 fully saturated rings. The molecule has 1 amide bonds. The monoisotopic (exact) mass is 295 g/mol. The van der Waals surface area contributed by atoms with Crippen LogP contribution >= 0.6 is 0 Å². The van der Waals surface area contributed by atoms with E-state index in [1.165, 1.54) is 26.0 Å². The van der Waals surface area contributed by atoms with Gasteiger partial charge in [0, 0.05) is 13.1 Å². The second-order valence-electron chi connectivity index (χ2n) is 5.41. The van der Waals surface area contributed by atoms with Crippen LogP contribution in [0.5, 0.6) is 0 Å². The third-order valence-corrected chi connectivity index (χ3v) is 3.56. The molecule has 0 radical (unpaired) electrons. The molecular formula is C14H18FN3O3. The summed E-state index contributed by atoms with van der Waals surface area (Å²) in [5.74, 6) is -0.672. The van der Waals surface area contributed by atoms with Crippen molar-refractivity contribution in [1.82, 2.24) is 5.32 Å². The van der Waals surface area contributed by atoms with E-state index >= 15 is 0 Å². The average Bonchev–Trinajstić information content (AvgIpc) is 3.21. The van der Waals surface area contributed by atoms with E-state index in [0.29, 0.717) is 5.92 Å². The number of benzene rings is 1. The maximum Gasteiger partial charge on any atom is 0.285 e. The van der Waals surface area contributed by atoms with Crippen LogP contribution in [0, 0.1) is 21.8 Å². The fraction of sp³-hybridized carbons (Fsp3) is 0.500. The van der Waals surface area contributed by atoms with E-state index in [4.69, 9.17) is 0 Å². The molecule has 1 saturated carbocycles. The maximum absolute atomic E-state index is 13.6. The van der Waals surface area contributed by atoms with Crippen LogP contribution in [-0.4, -0.2) is 23.9 Å². The SMILES string of the molecule is CNc1cc(C(=O)NC(C)CC2CC2)c([N+](=O)[O-])cc1F. The van der Waals surface area contributed by atoms with Gasteiger partial charge in [-0.15, -0.1) is 0 Å². The number of carbonyl (C=O) groups excluding carboxylic acids is 1. The lowest BCUT2D eigenvalue weighted by atomic mass is 10.1. The Balaban J connectivity index is 2.22. The summed E-state index contributed by atoms with van der Waals surface area (Å²) >= 11 is 0. The summed E-state index contributed by atoms with van der Waals surface area (Å²) in [5, 5.41) is 16.3. The zero-order chi connectivity index (χ0) is 15.6. The standard InChI is InChI=1S/C14H18FN3O3/c1-8(5-9-3-4-9)17-14(19)10-6-12(16-2)11(15)7-13(10)18(20)21/h6-9,16H,3-5H2,1-2H3,(H,17,19). The lowest BCUT2D eigenvalue weighted by Crippen LogP contribution is -2.33. The van der Waals surface area contributed by atoms with Crippen molar-refractivity contribution < 1.29 is 14.1 Å². The quantitative estimate of drug-likeness (QED) is 0.624. The molecule has 0 heterocycles. The first-order valence-corrected chi connectivity index (χ1v) is 6.89. The average molecular weight is 295 g/mol. The zero-order valence-corrected chi connectivity index (χ0v) is 12.0. The Labute approximate surface area is 121 Å². The van der Waals surface area contributed by atoms with E-state index in [1.807, 2.05) is 6.92 Å². The summed E-state index contributed by atoms with van der Waals surface area (Å²) in [6.07, 6.45) is 3.20. The molecule has 1 atom stereocenters. The van der Waals surface area contributed by atoms with Gasteiger partial charge in [0.1, 0.15) is 5.56 Å². The van der Waals surface area contributed by atoms with Gasteiger partial charge >= 0.3 is 0 Å². The summed E-state index contributed by atoms with van der Waals surface area (Å²) in [6.45, 7) is 1.87. The van der Waals surface area contributed by atoms with Gasteiger partial charge in [-0.1, -0.05) is 12.8 Å². The van der Waals surface area contributed by atoms with Crippen LogP contribution in [0.15, 0.2) is 12.1 Å². The lowest BCUT2D eigenvalue weighted by molar-refractivity contribution is -0.385. The number of nitro benzene ring substituents is 1. The molecule has 114 valence electrons. The fourth-order valence-corrected chi connectivity index (χ4v) is 2.30. The molecule has 1 aromatic rings. The van der Waals surface area contributed by atoms with Gasteiger partial charge in [0.2, 0.25) is 0 Å². The third-order valence-electron chi connectivity index (χ3n) is 3.56. The number of hydrogen-bond donors (Lipinski definition) is 2. The normalized spacial score (nSPS) is 15.4. The molecule has 6 nitrogen and oxygen atoms in total. The first-order chi connectivity index (χ1) is 9.92. The Hall–Kier alpha value is -2.18. The van der Waals surface area contributed by atoms with Crippen LogP contribution in [0.3, 0.4) is 0 Å². The van der Waals surface area contributed by atoms with Crippen LogP contribution in [0.1, 0.15) is 36.5 Å². The minimum absolute atomic E-state index is 0.0561. The van der Waals surface area contributed by atoms with E-state index in [0.717, 1.165) is 12.5 Å². The van der Waals surface area contributed by atoms with Crippen molar-refractivity contribution in [1.29, 1.82) is 0 Å². The minimum Gasteiger partial charge on any atom is -0.386 e. The topological polar surface area (TPSA) is 84.3 Å². The van der Waals surface area contributed by atoms with Gasteiger partial charge in [0.25, 0.3) is 11.6 Å². The highest BCUT2D eigenvalue weighted by Gasteiger charge is 2.27. The van der Waals surface area contributed by atoms with Crippen molar-refractivity contribution in [2.75, 3.05) is 12.4 Å². The number of rotatable bonds is 6. The Bertz CT molecular complexity index is 573. The molecule has 1 aromatic carbocycles. The van der Waals surface area contributed by atoms with Gasteiger partial charge in [-0.25, -0.2) is 4.39 Å². The number of nitrogens with one attached hydrogen (secondary N) is 2. The van der Waals surface area contributed by atoms with Crippen molar-refractivity contribution in [3.8, 4) is 0 Å². The summed E-state index contributed by atoms with van der Waals surface area (Å²) in [7, 11) is 1.49. The number of nitrogens with zero attached hydrogens (tertiary/aromatic N) is 1. The molecule has 1 aliphatic rings. The van der Waals surface area contributed by atoms with Gasteiger partial charge in [-0.3, -0.25) is 14.9 Å². The van der Waals surface area contributed by atoms with Gasteiger partial charge in [0.15, 0.2) is 5.82 Å². The van der Waals surface area contributed by atoms with Crippen LogP contribution in [0.4, 0.5) is 15.8 Å². The molecule has 21 heavy (non-hydrogen) atoms. The summed E-state index contributed by atoms with van der Waals surface area (Å²) < 4.78 is 13.6. The largest absolute Gasteiger partial charge is 0.386 e. The first-order valence-electron chi connectivity index (χ1n) is 6.89. The summed E-state index contributed by atoms with van der Waals surface area (Å²) in [4.78, 5) is 22.4. The maximum atomic E-state index is 13.6. The number of amides is 1. The molecule has 1 unspecified atom stereocenters. The predicted molar refractivity (Wildman–Crippen MR) is 76.9 cm³/mol. The van der Waals surface area contributed by atoms with Crippen molar-refractivity contribution >= 4 is 17.3 Å². The van der Waals surface area contributed by atoms with Crippen molar-refractivity contribution in [2.45, 2.75) is 32.2 Å². The van der Waals surface area contributed by atoms with Gasteiger partial charge < -0.3 is 10.6 Å². The Kier molecular flexibility index (Phi) is 4.40. The molecule has 0 spiro atoms. The number of carbonyl (C=O) groups is 1. The summed E-state index contributed by atoms with van der Waals surface area (Å²) in [5.41, 5.74) is -0.600. The number of anilines is 1. The smallest absolute Gasteiger partial charge is 0.285 e. The first kappa shape index (κ1) is 15.2. The second-order valence-corrected chi connectivity index (χ2v) is 5.41. The Morgan fingerprint density at radius 2 is 2.19 bits per heavy atom. The van der Waals surface area contributed by atoms with Crippen LogP contribution < -0.4 is 10.6 Å². The highest BCUT2D eigenvalue weighted by molar-refractivity contribution is 5.99. The highest BCUT2D eigenvalue weighted by Crippen LogP contribution is 2.33. The molecule has 2 N–H and O–H groups in total. The third kappa shape index (κ3) is 3.68. The number of hydrogen-bond acceptors (Lipinski definition) is 4. The van der Waals surface area contributed by atoms with Crippen molar-refractivity contribution in [2.24, 2.45) is 5.92 Å². The van der Waals surface area contributed by atoms with Crippen molar-refractivity contribution in [3.63, 3.8) is 0 Å². The molecule has 0 bridgehead atoms. The van der Waals surface area contributed by atoms with E-state index < -0.39 is 22.3 Å². The molecule has 0 aliphatic heterocycles. The second kappa shape index (κ2) is 6.07. The van der Waals surface area contributed by atoms with Gasteiger partial charge in [-0.05, 0) is 25.3 Å². The molecule has 7 heteroatoms. The highest BCUT2D eigenvalue weighted by atomic mass is 19.1. The molecule has 1 aliphatic carbocycles. The van der Waals surface area contributed by atoms with E-state index in [9.17, 15) is 19.3 Å². The van der Waals surface area contributed by atoms with Gasteiger partial charge in [-0.2, -0.15) is 0 Å².